The second-order valence-corrected chi connectivity index (χ2v) is 7.46. The van der Waals surface area contributed by atoms with Gasteiger partial charge in [-0.15, -0.1) is 0 Å². The van der Waals surface area contributed by atoms with Gasteiger partial charge in [0.25, 0.3) is 0 Å². The number of imidazole rings is 2. The zero-order chi connectivity index (χ0) is 24.2. The fraction of sp³-hybridized carbons (Fsp3) is 0.261. The Bertz CT molecular complexity index is 1390. The Morgan fingerprint density at radius 3 is 2.35 bits per heavy atom. The minimum Gasteiger partial charge on any atom is -0.461 e. The van der Waals surface area contributed by atoms with Gasteiger partial charge in [-0.1, -0.05) is 6.07 Å². The van der Waals surface area contributed by atoms with Crippen LogP contribution in [0.5, 0.6) is 0 Å². The largest absolute Gasteiger partial charge is 0.461 e. The Balaban J connectivity index is 1.78. The summed E-state index contributed by atoms with van der Waals surface area (Å²) in [5.41, 5.74) is 2.06. The lowest BCUT2D eigenvalue weighted by Crippen LogP contribution is -2.07. The first-order valence-electron chi connectivity index (χ1n) is 10.7. The van der Waals surface area contributed by atoms with E-state index in [1.807, 2.05) is 43.3 Å². The van der Waals surface area contributed by atoms with Gasteiger partial charge in [0.05, 0.1) is 25.2 Å². The predicted octanol–water partition coefficient (Wildman–Crippen LogP) is 3.30. The van der Waals surface area contributed by atoms with Crippen LogP contribution in [0.2, 0.25) is 0 Å². The average Bonchev–Trinajstić information content (AvgIpc) is 3.45. The van der Waals surface area contributed by atoms with Crippen molar-refractivity contribution >= 4 is 46.9 Å². The van der Waals surface area contributed by atoms with Crippen LogP contribution in [-0.2, 0) is 9.47 Å². The van der Waals surface area contributed by atoms with E-state index in [-0.39, 0.29) is 24.6 Å². The number of aromatic nitrogens is 4. The van der Waals surface area contributed by atoms with E-state index < -0.39 is 11.9 Å². The molecule has 0 aliphatic carbocycles. The summed E-state index contributed by atoms with van der Waals surface area (Å²) in [6, 6.07) is 9.08. The van der Waals surface area contributed by atoms with Crippen LogP contribution in [0, 0.1) is 0 Å². The molecule has 0 saturated carbocycles. The topological polar surface area (TPSA) is 115 Å². The highest BCUT2D eigenvalue weighted by Gasteiger charge is 2.18. The summed E-state index contributed by atoms with van der Waals surface area (Å²) in [6.45, 7) is 3.99. The minimum atomic E-state index is -0.518. The summed E-state index contributed by atoms with van der Waals surface area (Å²) in [7, 11) is 3.73. The normalized spacial score (nSPS) is 11.3. The predicted molar refractivity (Wildman–Crippen MR) is 127 cm³/mol. The van der Waals surface area contributed by atoms with Crippen molar-refractivity contribution in [2.45, 2.75) is 13.8 Å². The summed E-state index contributed by atoms with van der Waals surface area (Å²) in [4.78, 5) is 39.6. The molecule has 0 aliphatic heterocycles. The SMILES string of the molecule is CCOC(=O)c1cn2c(Nc3ccc(/N=C/N(C)C)n4cc(C(=O)OCC)nc34)cccc2n1. The number of aliphatic imine (C=N–C) groups is 1. The molecule has 0 spiro atoms. The van der Waals surface area contributed by atoms with E-state index in [0.29, 0.717) is 28.6 Å². The number of anilines is 2. The van der Waals surface area contributed by atoms with E-state index in [9.17, 15) is 9.59 Å². The van der Waals surface area contributed by atoms with Crippen molar-refractivity contribution < 1.29 is 19.1 Å². The van der Waals surface area contributed by atoms with Gasteiger partial charge in [0.1, 0.15) is 17.3 Å². The van der Waals surface area contributed by atoms with Gasteiger partial charge in [-0.25, -0.2) is 24.5 Å². The van der Waals surface area contributed by atoms with E-state index in [4.69, 9.17) is 9.47 Å². The maximum absolute atomic E-state index is 12.3. The third-order valence-corrected chi connectivity index (χ3v) is 4.74. The lowest BCUT2D eigenvalue weighted by Gasteiger charge is -2.11. The fourth-order valence-corrected chi connectivity index (χ4v) is 3.29. The zero-order valence-electron chi connectivity index (χ0n) is 19.3. The zero-order valence-corrected chi connectivity index (χ0v) is 19.3. The van der Waals surface area contributed by atoms with Gasteiger partial charge < -0.3 is 19.7 Å². The van der Waals surface area contributed by atoms with Crippen molar-refractivity contribution in [2.75, 3.05) is 32.6 Å². The number of ether oxygens (including phenoxy) is 2. The van der Waals surface area contributed by atoms with Crippen LogP contribution >= 0.6 is 0 Å². The number of hydrogen-bond donors (Lipinski definition) is 1. The monoisotopic (exact) mass is 463 g/mol. The van der Waals surface area contributed by atoms with Gasteiger partial charge in [0.2, 0.25) is 0 Å². The van der Waals surface area contributed by atoms with Crippen LogP contribution in [-0.4, -0.2) is 69.3 Å². The first-order valence-corrected chi connectivity index (χ1v) is 10.7. The molecule has 176 valence electrons. The third-order valence-electron chi connectivity index (χ3n) is 4.74. The minimum absolute atomic E-state index is 0.169. The van der Waals surface area contributed by atoms with Crippen molar-refractivity contribution in [3.05, 3.63) is 54.1 Å². The quantitative estimate of drug-likeness (QED) is 0.240. The molecule has 0 bridgehead atoms. The van der Waals surface area contributed by atoms with Crippen LogP contribution in [0.3, 0.4) is 0 Å². The molecule has 1 N–H and O–H groups in total. The number of carbonyl (C=O) groups is 2. The summed E-state index contributed by atoms with van der Waals surface area (Å²) < 4.78 is 13.6. The lowest BCUT2D eigenvalue weighted by atomic mass is 10.3. The molecule has 0 fully saturated rings. The number of nitrogens with one attached hydrogen (secondary N) is 1. The Hall–Kier alpha value is -4.41. The number of nitrogens with zero attached hydrogens (tertiary/aromatic N) is 6. The Morgan fingerprint density at radius 2 is 1.68 bits per heavy atom. The summed E-state index contributed by atoms with van der Waals surface area (Å²) in [5.74, 6) is 0.223. The molecule has 34 heavy (non-hydrogen) atoms. The molecule has 4 heterocycles. The van der Waals surface area contributed by atoms with Gasteiger partial charge in [-0.3, -0.25) is 8.80 Å². The van der Waals surface area contributed by atoms with Crippen LogP contribution in [0.15, 0.2) is 47.7 Å². The lowest BCUT2D eigenvalue weighted by molar-refractivity contribution is 0.0511. The van der Waals surface area contributed by atoms with Crippen LogP contribution < -0.4 is 5.32 Å². The van der Waals surface area contributed by atoms with Gasteiger partial charge >= 0.3 is 11.9 Å². The average molecular weight is 463 g/mol. The summed E-state index contributed by atoms with van der Waals surface area (Å²) >= 11 is 0. The molecule has 4 rings (SSSR count). The van der Waals surface area contributed by atoms with E-state index in [1.165, 1.54) is 0 Å². The molecule has 0 radical (unpaired) electrons. The molecule has 0 aromatic carbocycles. The van der Waals surface area contributed by atoms with E-state index in [0.717, 1.165) is 0 Å². The number of carbonyl (C=O) groups excluding carboxylic acids is 2. The second kappa shape index (κ2) is 9.61. The Kier molecular flexibility index (Phi) is 6.44. The van der Waals surface area contributed by atoms with Crippen molar-refractivity contribution in [1.82, 2.24) is 23.7 Å². The van der Waals surface area contributed by atoms with Crippen LogP contribution in [0.25, 0.3) is 11.3 Å². The molecule has 0 aliphatic rings. The Labute approximate surface area is 195 Å². The molecule has 0 atom stereocenters. The molecule has 0 saturated heterocycles. The number of hydrogen-bond acceptors (Lipinski definition) is 8. The summed E-state index contributed by atoms with van der Waals surface area (Å²) in [5, 5.41) is 3.32. The molecular formula is C23H25N7O4. The second-order valence-electron chi connectivity index (χ2n) is 7.46. The van der Waals surface area contributed by atoms with Gasteiger partial charge in [0, 0.05) is 26.5 Å². The van der Waals surface area contributed by atoms with Crippen LogP contribution in [0.1, 0.15) is 34.8 Å². The number of rotatable bonds is 8. The van der Waals surface area contributed by atoms with E-state index in [1.54, 1.807) is 47.4 Å². The highest BCUT2D eigenvalue weighted by molar-refractivity contribution is 5.90. The first kappa shape index (κ1) is 22.8. The number of pyridine rings is 2. The van der Waals surface area contributed by atoms with Gasteiger partial charge in [0.15, 0.2) is 17.0 Å². The Morgan fingerprint density at radius 1 is 1.00 bits per heavy atom. The molecular weight excluding hydrogens is 438 g/mol. The van der Waals surface area contributed by atoms with E-state index >= 15 is 0 Å². The van der Waals surface area contributed by atoms with Crippen molar-refractivity contribution in [1.29, 1.82) is 0 Å². The highest BCUT2D eigenvalue weighted by atomic mass is 16.5. The molecule has 0 unspecified atom stereocenters. The molecule has 4 aromatic rings. The van der Waals surface area contributed by atoms with Crippen molar-refractivity contribution in [3.63, 3.8) is 0 Å². The highest BCUT2D eigenvalue weighted by Crippen LogP contribution is 2.27. The van der Waals surface area contributed by atoms with Gasteiger partial charge in [-0.2, -0.15) is 0 Å². The standard InChI is InChI=1S/C23H25N7O4/c1-5-33-22(31)16-12-29-19(8-7-9-20(29)26-16)25-15-10-11-18(24-14-28(3)4)30-13-17(27-21(15)30)23(32)34-6-2/h7-14,25H,5-6H2,1-4H3/b24-14+. The maximum Gasteiger partial charge on any atom is 0.358 e. The fourth-order valence-electron chi connectivity index (χ4n) is 3.29. The molecule has 4 aromatic heterocycles. The molecule has 11 heteroatoms. The maximum atomic E-state index is 12.3. The van der Waals surface area contributed by atoms with E-state index in [2.05, 4.69) is 20.3 Å². The number of esters is 2. The van der Waals surface area contributed by atoms with Crippen LogP contribution in [0.4, 0.5) is 17.3 Å². The van der Waals surface area contributed by atoms with Crippen molar-refractivity contribution in [2.24, 2.45) is 4.99 Å². The summed E-state index contributed by atoms with van der Waals surface area (Å²) in [6.07, 6.45) is 4.87. The smallest absolute Gasteiger partial charge is 0.358 e. The first-order chi connectivity index (χ1) is 16.4. The van der Waals surface area contributed by atoms with Gasteiger partial charge in [-0.05, 0) is 38.1 Å². The molecule has 0 amide bonds. The molecule has 11 nitrogen and oxygen atoms in total. The third kappa shape index (κ3) is 4.53. The van der Waals surface area contributed by atoms with Crippen molar-refractivity contribution in [3.8, 4) is 0 Å². The number of fused-ring (bicyclic) bond motifs is 2.